The lowest BCUT2D eigenvalue weighted by molar-refractivity contribution is 0.0972. The molecule has 2 N–H and O–H groups in total. The number of nitrogens with zero attached hydrogens (tertiary/aromatic N) is 1. The summed E-state index contributed by atoms with van der Waals surface area (Å²) in [5.74, 6) is 0.156. The highest BCUT2D eigenvalue weighted by Gasteiger charge is 2.14. The van der Waals surface area contributed by atoms with Gasteiger partial charge in [-0.05, 0) is 62.5 Å². The zero-order chi connectivity index (χ0) is 17.5. The summed E-state index contributed by atoms with van der Waals surface area (Å²) in [4.78, 5) is 12.4. The van der Waals surface area contributed by atoms with Crippen LogP contribution in [0, 0.1) is 11.3 Å². The van der Waals surface area contributed by atoms with Gasteiger partial charge in [0.05, 0.1) is 23.3 Å². The van der Waals surface area contributed by atoms with Gasteiger partial charge < -0.3 is 10.1 Å². The third-order valence-corrected chi connectivity index (χ3v) is 3.20. The summed E-state index contributed by atoms with van der Waals surface area (Å²) in [6.45, 7) is 3.79. The SMILES string of the molecule is CC(C)Oc1ccccc1C(=O)NC(=S)Nc1ccc(C#N)cc1. The van der Waals surface area contributed by atoms with E-state index >= 15 is 0 Å². The molecule has 0 fully saturated rings. The Hall–Kier alpha value is -2.91. The normalized spacial score (nSPS) is 9.92. The monoisotopic (exact) mass is 339 g/mol. The molecule has 0 aromatic heterocycles. The van der Waals surface area contributed by atoms with Crippen molar-refractivity contribution in [1.82, 2.24) is 5.32 Å². The Bertz CT molecular complexity index is 780. The van der Waals surface area contributed by atoms with Crippen LogP contribution in [0.1, 0.15) is 29.8 Å². The fourth-order valence-electron chi connectivity index (χ4n) is 1.97. The molecule has 0 spiro atoms. The number of hydrogen-bond acceptors (Lipinski definition) is 4. The number of carbonyl (C=O) groups is 1. The number of hydrogen-bond donors (Lipinski definition) is 2. The molecule has 0 aliphatic rings. The number of thiocarbonyl (C=S) groups is 1. The number of nitrogens with one attached hydrogen (secondary N) is 2. The van der Waals surface area contributed by atoms with Gasteiger partial charge >= 0.3 is 0 Å². The maximum Gasteiger partial charge on any atom is 0.261 e. The smallest absolute Gasteiger partial charge is 0.261 e. The van der Waals surface area contributed by atoms with E-state index in [0.29, 0.717) is 22.6 Å². The zero-order valence-corrected chi connectivity index (χ0v) is 14.2. The highest BCUT2D eigenvalue weighted by atomic mass is 32.1. The second-order valence-electron chi connectivity index (χ2n) is 5.26. The average molecular weight is 339 g/mol. The van der Waals surface area contributed by atoms with Gasteiger partial charge in [0.1, 0.15) is 5.75 Å². The van der Waals surface area contributed by atoms with Gasteiger partial charge in [0, 0.05) is 5.69 Å². The first-order chi connectivity index (χ1) is 11.5. The van der Waals surface area contributed by atoms with Gasteiger partial charge in [0.2, 0.25) is 0 Å². The molecule has 0 aliphatic carbocycles. The van der Waals surface area contributed by atoms with Crippen molar-refractivity contribution in [2.75, 3.05) is 5.32 Å². The molecule has 2 aromatic rings. The Balaban J connectivity index is 2.03. The molecule has 0 saturated heterocycles. The van der Waals surface area contributed by atoms with Crippen molar-refractivity contribution in [3.8, 4) is 11.8 Å². The van der Waals surface area contributed by atoms with Crippen LogP contribution in [-0.2, 0) is 0 Å². The second kappa shape index (κ2) is 8.09. The molecule has 0 saturated carbocycles. The average Bonchev–Trinajstić information content (AvgIpc) is 2.55. The standard InChI is InChI=1S/C18H17N3O2S/c1-12(2)23-16-6-4-3-5-15(16)17(22)21-18(24)20-14-9-7-13(11-19)8-10-14/h3-10,12H,1-2H3,(H2,20,21,22,24). The number of rotatable bonds is 4. The van der Waals surface area contributed by atoms with Crippen LogP contribution in [0.2, 0.25) is 0 Å². The number of ether oxygens (including phenoxy) is 1. The molecule has 2 aromatic carbocycles. The predicted molar refractivity (Wildman–Crippen MR) is 97.0 cm³/mol. The Kier molecular flexibility index (Phi) is 5.88. The third-order valence-electron chi connectivity index (χ3n) is 2.99. The molecule has 122 valence electrons. The van der Waals surface area contributed by atoms with Crippen LogP contribution < -0.4 is 15.4 Å². The zero-order valence-electron chi connectivity index (χ0n) is 13.4. The van der Waals surface area contributed by atoms with Crippen LogP contribution in [0.15, 0.2) is 48.5 Å². The van der Waals surface area contributed by atoms with Crippen molar-refractivity contribution >= 4 is 28.9 Å². The van der Waals surface area contributed by atoms with Gasteiger partial charge in [0.15, 0.2) is 5.11 Å². The third kappa shape index (κ3) is 4.80. The molecule has 1 amide bonds. The number of benzene rings is 2. The Morgan fingerprint density at radius 3 is 2.46 bits per heavy atom. The minimum Gasteiger partial charge on any atom is -0.490 e. The minimum atomic E-state index is -0.350. The molecule has 0 bridgehead atoms. The molecule has 0 heterocycles. The van der Waals surface area contributed by atoms with E-state index in [-0.39, 0.29) is 17.1 Å². The number of nitriles is 1. The van der Waals surface area contributed by atoms with E-state index in [4.69, 9.17) is 22.2 Å². The summed E-state index contributed by atoms with van der Waals surface area (Å²) in [5, 5.41) is 14.5. The second-order valence-corrected chi connectivity index (χ2v) is 5.67. The molecule has 0 radical (unpaired) electrons. The summed E-state index contributed by atoms with van der Waals surface area (Å²) in [7, 11) is 0. The number of para-hydroxylation sites is 1. The first-order valence-corrected chi connectivity index (χ1v) is 7.78. The van der Waals surface area contributed by atoms with E-state index in [2.05, 4.69) is 10.6 Å². The molecule has 24 heavy (non-hydrogen) atoms. The number of carbonyl (C=O) groups excluding carboxylic acids is 1. The molecule has 0 aliphatic heterocycles. The molecule has 0 atom stereocenters. The van der Waals surface area contributed by atoms with Crippen LogP contribution in [0.5, 0.6) is 5.75 Å². The summed E-state index contributed by atoms with van der Waals surface area (Å²) in [6, 6.07) is 15.8. The highest BCUT2D eigenvalue weighted by Crippen LogP contribution is 2.19. The van der Waals surface area contributed by atoms with Crippen LogP contribution in [0.4, 0.5) is 5.69 Å². The number of anilines is 1. The van der Waals surface area contributed by atoms with E-state index in [0.717, 1.165) is 0 Å². The van der Waals surface area contributed by atoms with Crippen LogP contribution >= 0.6 is 12.2 Å². The van der Waals surface area contributed by atoms with Gasteiger partial charge in [-0.3, -0.25) is 10.1 Å². The highest BCUT2D eigenvalue weighted by molar-refractivity contribution is 7.80. The van der Waals surface area contributed by atoms with Crippen molar-refractivity contribution < 1.29 is 9.53 Å². The van der Waals surface area contributed by atoms with E-state index in [1.807, 2.05) is 26.0 Å². The summed E-state index contributed by atoms with van der Waals surface area (Å²) < 4.78 is 5.64. The molecule has 6 heteroatoms. The predicted octanol–water partition coefficient (Wildman–Crippen LogP) is 3.47. The first-order valence-electron chi connectivity index (χ1n) is 7.38. The van der Waals surface area contributed by atoms with E-state index in [9.17, 15) is 4.79 Å². The van der Waals surface area contributed by atoms with Crippen molar-refractivity contribution in [3.05, 3.63) is 59.7 Å². The van der Waals surface area contributed by atoms with Crippen LogP contribution in [0.3, 0.4) is 0 Å². The lowest BCUT2D eigenvalue weighted by Crippen LogP contribution is -2.34. The lowest BCUT2D eigenvalue weighted by Gasteiger charge is -2.14. The van der Waals surface area contributed by atoms with Crippen molar-refractivity contribution in [1.29, 1.82) is 5.26 Å². The fraction of sp³-hybridized carbons (Fsp3) is 0.167. The van der Waals surface area contributed by atoms with E-state index < -0.39 is 0 Å². The summed E-state index contributed by atoms with van der Waals surface area (Å²) in [6.07, 6.45) is -0.0392. The number of amides is 1. The molecular formula is C18H17N3O2S. The molecule has 5 nitrogen and oxygen atoms in total. The quantitative estimate of drug-likeness (QED) is 0.834. The Morgan fingerprint density at radius 2 is 1.83 bits per heavy atom. The van der Waals surface area contributed by atoms with Crippen LogP contribution in [-0.4, -0.2) is 17.1 Å². The van der Waals surface area contributed by atoms with Gasteiger partial charge in [-0.2, -0.15) is 5.26 Å². The van der Waals surface area contributed by atoms with E-state index in [1.165, 1.54) is 0 Å². The van der Waals surface area contributed by atoms with Crippen LogP contribution in [0.25, 0.3) is 0 Å². The first kappa shape index (κ1) is 17.4. The van der Waals surface area contributed by atoms with Crippen molar-refractivity contribution in [2.24, 2.45) is 0 Å². The fourth-order valence-corrected chi connectivity index (χ4v) is 2.18. The minimum absolute atomic E-state index is 0.0392. The summed E-state index contributed by atoms with van der Waals surface area (Å²) >= 11 is 5.16. The van der Waals surface area contributed by atoms with Crippen molar-refractivity contribution in [3.63, 3.8) is 0 Å². The van der Waals surface area contributed by atoms with Gasteiger partial charge in [-0.1, -0.05) is 12.1 Å². The Morgan fingerprint density at radius 1 is 1.17 bits per heavy atom. The Labute approximate surface area is 146 Å². The van der Waals surface area contributed by atoms with Gasteiger partial charge in [0.25, 0.3) is 5.91 Å². The lowest BCUT2D eigenvalue weighted by atomic mass is 10.2. The largest absolute Gasteiger partial charge is 0.490 e. The van der Waals surface area contributed by atoms with Crippen molar-refractivity contribution in [2.45, 2.75) is 20.0 Å². The molecule has 0 unspecified atom stereocenters. The van der Waals surface area contributed by atoms with Gasteiger partial charge in [-0.15, -0.1) is 0 Å². The van der Waals surface area contributed by atoms with Gasteiger partial charge in [-0.25, -0.2) is 0 Å². The maximum atomic E-state index is 12.4. The topological polar surface area (TPSA) is 74.2 Å². The summed E-state index contributed by atoms with van der Waals surface area (Å²) in [5.41, 5.74) is 1.65. The maximum absolute atomic E-state index is 12.4. The molecule has 2 rings (SSSR count). The molecular weight excluding hydrogens is 322 g/mol. The van der Waals surface area contributed by atoms with E-state index in [1.54, 1.807) is 42.5 Å².